The molecule has 2 rings (SSSR count). The van der Waals surface area contributed by atoms with Gasteiger partial charge in [-0.3, -0.25) is 4.99 Å². The van der Waals surface area contributed by atoms with E-state index in [9.17, 15) is 0 Å². The van der Waals surface area contributed by atoms with Crippen molar-refractivity contribution in [2.45, 2.75) is 32.7 Å². The molecule has 7 heteroatoms. The predicted molar refractivity (Wildman–Crippen MR) is 101 cm³/mol. The number of nitrogens with one attached hydrogen (secondary N) is 2. The normalized spacial score (nSPS) is 11.5. The van der Waals surface area contributed by atoms with Crippen LogP contribution >= 0.6 is 15.9 Å². The molecule has 2 aromatic rings. The molecule has 0 fully saturated rings. The minimum absolute atomic E-state index is 0.788. The molecule has 0 aliphatic rings. The third kappa shape index (κ3) is 5.96. The van der Waals surface area contributed by atoms with Gasteiger partial charge in [0, 0.05) is 37.6 Å². The van der Waals surface area contributed by atoms with Crippen LogP contribution in [0.3, 0.4) is 0 Å². The Labute approximate surface area is 151 Å². The molecule has 6 nitrogen and oxygen atoms in total. The molecule has 0 saturated heterocycles. The first kappa shape index (κ1) is 18.4. The topological polar surface area (TPSA) is 67.1 Å². The number of guanidine groups is 1. The highest BCUT2D eigenvalue weighted by Gasteiger charge is 2.02. The van der Waals surface area contributed by atoms with Crippen LogP contribution in [0.2, 0.25) is 0 Å². The standard InChI is InChI=1S/C17H25BrN6/c1-3-16-23-22-13-24(16)11-10-21-17(19-2)20-9-5-7-14-6-4-8-15(18)12-14/h4,6,8,12-13H,3,5,7,9-11H2,1-2H3,(H2,19,20,21). The molecule has 24 heavy (non-hydrogen) atoms. The first-order valence-corrected chi connectivity index (χ1v) is 9.08. The van der Waals surface area contributed by atoms with Crippen molar-refractivity contribution >= 4 is 21.9 Å². The molecule has 130 valence electrons. The van der Waals surface area contributed by atoms with Crippen LogP contribution in [0.4, 0.5) is 0 Å². The molecular weight excluding hydrogens is 368 g/mol. The Kier molecular flexibility index (Phi) is 7.74. The van der Waals surface area contributed by atoms with Crippen LogP contribution in [-0.4, -0.2) is 40.9 Å². The van der Waals surface area contributed by atoms with Gasteiger partial charge in [-0.05, 0) is 30.5 Å². The van der Waals surface area contributed by atoms with E-state index in [1.54, 1.807) is 13.4 Å². The molecule has 1 aromatic heterocycles. The van der Waals surface area contributed by atoms with Crippen LogP contribution in [0.15, 0.2) is 40.1 Å². The molecule has 0 amide bonds. The molecule has 0 unspecified atom stereocenters. The van der Waals surface area contributed by atoms with Gasteiger partial charge >= 0.3 is 0 Å². The van der Waals surface area contributed by atoms with E-state index in [4.69, 9.17) is 0 Å². The van der Waals surface area contributed by atoms with E-state index < -0.39 is 0 Å². The van der Waals surface area contributed by atoms with Crippen LogP contribution in [0, 0.1) is 0 Å². The summed E-state index contributed by atoms with van der Waals surface area (Å²) in [5.74, 6) is 1.84. The molecule has 0 spiro atoms. The largest absolute Gasteiger partial charge is 0.356 e. The summed E-state index contributed by atoms with van der Waals surface area (Å²) in [5.41, 5.74) is 1.34. The Bertz CT molecular complexity index is 652. The first-order valence-electron chi connectivity index (χ1n) is 8.28. The molecule has 0 bridgehead atoms. The Hall–Kier alpha value is -1.89. The van der Waals surface area contributed by atoms with Crippen LogP contribution in [0.5, 0.6) is 0 Å². The van der Waals surface area contributed by atoms with Gasteiger partial charge in [0.2, 0.25) is 0 Å². The number of benzene rings is 1. The number of aliphatic imine (C=N–C) groups is 1. The summed E-state index contributed by atoms with van der Waals surface area (Å²) in [6.45, 7) is 4.59. The Morgan fingerprint density at radius 2 is 2.12 bits per heavy atom. The zero-order chi connectivity index (χ0) is 17.2. The zero-order valence-corrected chi connectivity index (χ0v) is 15.9. The number of aromatic nitrogens is 3. The minimum atomic E-state index is 0.788. The number of nitrogens with zero attached hydrogens (tertiary/aromatic N) is 4. The van der Waals surface area contributed by atoms with Crippen molar-refractivity contribution in [3.8, 4) is 0 Å². The summed E-state index contributed by atoms with van der Waals surface area (Å²) < 4.78 is 3.19. The van der Waals surface area contributed by atoms with Crippen molar-refractivity contribution in [1.29, 1.82) is 0 Å². The van der Waals surface area contributed by atoms with Crippen LogP contribution < -0.4 is 10.6 Å². The molecule has 2 N–H and O–H groups in total. The van der Waals surface area contributed by atoms with Crippen molar-refractivity contribution in [2.24, 2.45) is 4.99 Å². The maximum atomic E-state index is 4.25. The minimum Gasteiger partial charge on any atom is -0.356 e. The fourth-order valence-corrected chi connectivity index (χ4v) is 2.89. The lowest BCUT2D eigenvalue weighted by Gasteiger charge is -2.12. The van der Waals surface area contributed by atoms with E-state index >= 15 is 0 Å². The van der Waals surface area contributed by atoms with Gasteiger partial charge in [-0.15, -0.1) is 10.2 Å². The number of halogens is 1. The number of rotatable bonds is 8. The van der Waals surface area contributed by atoms with E-state index in [0.29, 0.717) is 0 Å². The average molecular weight is 393 g/mol. The van der Waals surface area contributed by atoms with Crippen LogP contribution in [0.1, 0.15) is 24.7 Å². The van der Waals surface area contributed by atoms with Crippen molar-refractivity contribution in [1.82, 2.24) is 25.4 Å². The third-order valence-electron chi connectivity index (χ3n) is 3.70. The second kappa shape index (κ2) is 10.1. The highest BCUT2D eigenvalue weighted by molar-refractivity contribution is 9.10. The fourth-order valence-electron chi connectivity index (χ4n) is 2.45. The SMILES string of the molecule is CCc1nncn1CCNC(=NC)NCCCc1cccc(Br)c1. The van der Waals surface area contributed by atoms with E-state index in [1.807, 2.05) is 6.07 Å². The van der Waals surface area contributed by atoms with Gasteiger partial charge in [0.1, 0.15) is 12.2 Å². The summed E-state index contributed by atoms with van der Waals surface area (Å²) in [5, 5.41) is 14.7. The van der Waals surface area contributed by atoms with Gasteiger partial charge in [-0.25, -0.2) is 0 Å². The molecule has 0 radical (unpaired) electrons. The molecule has 0 aliphatic carbocycles. The highest BCUT2D eigenvalue weighted by atomic mass is 79.9. The van der Waals surface area contributed by atoms with E-state index in [1.165, 1.54) is 5.56 Å². The lowest BCUT2D eigenvalue weighted by atomic mass is 10.1. The van der Waals surface area contributed by atoms with Crippen molar-refractivity contribution in [3.63, 3.8) is 0 Å². The molecule has 1 heterocycles. The van der Waals surface area contributed by atoms with Crippen molar-refractivity contribution < 1.29 is 0 Å². The number of hydrogen-bond donors (Lipinski definition) is 2. The predicted octanol–water partition coefficient (Wildman–Crippen LogP) is 2.40. The van der Waals surface area contributed by atoms with Gasteiger partial charge in [-0.1, -0.05) is 35.0 Å². The lowest BCUT2D eigenvalue weighted by molar-refractivity contribution is 0.630. The van der Waals surface area contributed by atoms with Gasteiger partial charge in [0.25, 0.3) is 0 Å². The summed E-state index contributed by atoms with van der Waals surface area (Å²) in [7, 11) is 1.79. The molecule has 0 aliphatic heterocycles. The lowest BCUT2D eigenvalue weighted by Crippen LogP contribution is -2.39. The van der Waals surface area contributed by atoms with Crippen LogP contribution in [0.25, 0.3) is 0 Å². The maximum absolute atomic E-state index is 4.25. The summed E-state index contributed by atoms with van der Waals surface area (Å²) >= 11 is 3.50. The second-order valence-electron chi connectivity index (χ2n) is 5.45. The Morgan fingerprint density at radius 3 is 2.88 bits per heavy atom. The zero-order valence-electron chi connectivity index (χ0n) is 14.3. The fraction of sp³-hybridized carbons (Fsp3) is 0.471. The van der Waals surface area contributed by atoms with Gasteiger partial charge < -0.3 is 15.2 Å². The molecular formula is C17H25BrN6. The van der Waals surface area contributed by atoms with E-state index in [2.05, 4.69) is 71.4 Å². The monoisotopic (exact) mass is 392 g/mol. The Balaban J connectivity index is 1.65. The first-order chi connectivity index (χ1) is 11.7. The summed E-state index contributed by atoms with van der Waals surface area (Å²) in [4.78, 5) is 4.25. The molecule has 0 saturated carbocycles. The van der Waals surface area contributed by atoms with E-state index in [-0.39, 0.29) is 0 Å². The summed E-state index contributed by atoms with van der Waals surface area (Å²) in [6.07, 6.45) is 4.77. The average Bonchev–Trinajstić information content (AvgIpc) is 3.04. The quantitative estimate of drug-likeness (QED) is 0.411. The molecule has 0 atom stereocenters. The van der Waals surface area contributed by atoms with Crippen molar-refractivity contribution in [3.05, 3.63) is 46.5 Å². The van der Waals surface area contributed by atoms with Crippen LogP contribution in [-0.2, 0) is 19.4 Å². The third-order valence-corrected chi connectivity index (χ3v) is 4.20. The second-order valence-corrected chi connectivity index (χ2v) is 6.37. The smallest absolute Gasteiger partial charge is 0.191 e. The number of hydrogen-bond acceptors (Lipinski definition) is 3. The van der Waals surface area contributed by atoms with Gasteiger partial charge in [0.05, 0.1) is 0 Å². The summed E-state index contributed by atoms with van der Waals surface area (Å²) in [6, 6.07) is 8.44. The molecule has 1 aromatic carbocycles. The highest BCUT2D eigenvalue weighted by Crippen LogP contribution is 2.12. The van der Waals surface area contributed by atoms with Gasteiger partial charge in [0.15, 0.2) is 5.96 Å². The number of aryl methyl sites for hydroxylation is 2. The van der Waals surface area contributed by atoms with Gasteiger partial charge in [-0.2, -0.15) is 0 Å². The maximum Gasteiger partial charge on any atom is 0.191 e. The van der Waals surface area contributed by atoms with Crippen molar-refractivity contribution in [2.75, 3.05) is 20.1 Å². The Morgan fingerprint density at radius 1 is 1.29 bits per heavy atom. The van der Waals surface area contributed by atoms with E-state index in [0.717, 1.165) is 55.2 Å².